The summed E-state index contributed by atoms with van der Waals surface area (Å²) >= 11 is 0. The molecule has 1 aromatic carbocycles. The van der Waals surface area contributed by atoms with E-state index in [-0.39, 0.29) is 17.7 Å². The number of carbonyl (C=O) groups excluding carboxylic acids is 1. The third kappa shape index (κ3) is 4.73. The molecule has 1 heterocycles. The summed E-state index contributed by atoms with van der Waals surface area (Å²) in [5.41, 5.74) is 2.75. The molecule has 5 heteroatoms. The zero-order chi connectivity index (χ0) is 17.9. The fraction of sp³-hybridized carbons (Fsp3) is 0.650. The third-order valence-corrected chi connectivity index (χ3v) is 5.73. The van der Waals surface area contributed by atoms with Crippen molar-refractivity contribution in [1.29, 1.82) is 0 Å². The molecule has 1 saturated carbocycles. The molecule has 1 aromatic rings. The predicted octanol–water partition coefficient (Wildman–Crippen LogP) is 2.28. The highest BCUT2D eigenvalue weighted by molar-refractivity contribution is 5.73. The summed E-state index contributed by atoms with van der Waals surface area (Å²) in [6.45, 7) is 7.61. The highest BCUT2D eigenvalue weighted by Gasteiger charge is 2.30. The van der Waals surface area contributed by atoms with Crippen LogP contribution < -0.4 is 10.6 Å². The standard InChI is InChI=1S/C20H31N3O2/c1-20(2,23-10-9-16-5-3-4-6-17(16)13-23)14-22-19(25)21-12-15-7-8-18(24)11-15/h3-6,15,18,24H,7-14H2,1-2H3,(H2,21,22,25). The first kappa shape index (κ1) is 18.2. The van der Waals surface area contributed by atoms with Gasteiger partial charge in [0.15, 0.2) is 0 Å². The monoisotopic (exact) mass is 345 g/mol. The van der Waals surface area contributed by atoms with Gasteiger partial charge in [-0.25, -0.2) is 4.79 Å². The molecule has 3 rings (SSSR count). The Labute approximate surface area is 150 Å². The molecular formula is C20H31N3O2. The van der Waals surface area contributed by atoms with Crippen LogP contribution in [0.2, 0.25) is 0 Å². The van der Waals surface area contributed by atoms with Crippen LogP contribution in [-0.4, -0.2) is 47.3 Å². The molecule has 2 aliphatic rings. The second-order valence-corrected chi connectivity index (χ2v) is 8.15. The van der Waals surface area contributed by atoms with Gasteiger partial charge in [-0.2, -0.15) is 0 Å². The smallest absolute Gasteiger partial charge is 0.314 e. The second-order valence-electron chi connectivity index (χ2n) is 8.15. The lowest BCUT2D eigenvalue weighted by atomic mass is 9.94. The summed E-state index contributed by atoms with van der Waals surface area (Å²) in [7, 11) is 0. The van der Waals surface area contributed by atoms with Crippen LogP contribution in [0.5, 0.6) is 0 Å². The first-order valence-electron chi connectivity index (χ1n) is 9.45. The minimum absolute atomic E-state index is 0.0889. The van der Waals surface area contributed by atoms with Gasteiger partial charge in [-0.3, -0.25) is 4.90 Å². The van der Waals surface area contributed by atoms with E-state index in [1.807, 2.05) is 0 Å². The number of amides is 2. The number of hydrogen-bond donors (Lipinski definition) is 3. The summed E-state index contributed by atoms with van der Waals surface area (Å²) in [5.74, 6) is 0.410. The number of benzene rings is 1. The van der Waals surface area contributed by atoms with E-state index < -0.39 is 0 Å². The van der Waals surface area contributed by atoms with E-state index in [1.54, 1.807) is 0 Å². The van der Waals surface area contributed by atoms with E-state index in [2.05, 4.69) is 53.6 Å². The minimum Gasteiger partial charge on any atom is -0.393 e. The highest BCUT2D eigenvalue weighted by Crippen LogP contribution is 2.25. The maximum absolute atomic E-state index is 12.1. The summed E-state index contributed by atoms with van der Waals surface area (Å²) in [6.07, 6.45) is 3.54. The van der Waals surface area contributed by atoms with E-state index in [9.17, 15) is 9.90 Å². The number of urea groups is 1. The molecule has 5 nitrogen and oxygen atoms in total. The van der Waals surface area contributed by atoms with Gasteiger partial charge in [0, 0.05) is 31.7 Å². The molecular weight excluding hydrogens is 314 g/mol. The molecule has 0 spiro atoms. The van der Waals surface area contributed by atoms with Crippen LogP contribution in [0.3, 0.4) is 0 Å². The van der Waals surface area contributed by atoms with Crippen LogP contribution >= 0.6 is 0 Å². The minimum atomic E-state index is -0.184. The Morgan fingerprint density at radius 1 is 1.24 bits per heavy atom. The zero-order valence-electron chi connectivity index (χ0n) is 15.4. The van der Waals surface area contributed by atoms with Gasteiger partial charge >= 0.3 is 6.03 Å². The Bertz CT molecular complexity index is 602. The molecule has 0 aromatic heterocycles. The van der Waals surface area contributed by atoms with Crippen LogP contribution in [0, 0.1) is 5.92 Å². The predicted molar refractivity (Wildman–Crippen MR) is 99.4 cm³/mol. The molecule has 25 heavy (non-hydrogen) atoms. The van der Waals surface area contributed by atoms with Gasteiger partial charge in [-0.05, 0) is 56.6 Å². The SMILES string of the molecule is CC(C)(CNC(=O)NCC1CCC(O)C1)N1CCc2ccccc2C1. The summed E-state index contributed by atoms with van der Waals surface area (Å²) < 4.78 is 0. The average molecular weight is 345 g/mol. The van der Waals surface area contributed by atoms with Crippen molar-refractivity contribution in [3.8, 4) is 0 Å². The van der Waals surface area contributed by atoms with Gasteiger partial charge in [0.05, 0.1) is 6.10 Å². The maximum Gasteiger partial charge on any atom is 0.314 e. The average Bonchev–Trinajstić information content (AvgIpc) is 3.03. The van der Waals surface area contributed by atoms with E-state index in [0.717, 1.165) is 38.8 Å². The topological polar surface area (TPSA) is 64.6 Å². The van der Waals surface area contributed by atoms with Crippen molar-refractivity contribution >= 4 is 6.03 Å². The number of hydrogen-bond acceptors (Lipinski definition) is 3. The number of rotatable bonds is 5. The second kappa shape index (κ2) is 7.75. The van der Waals surface area contributed by atoms with Crippen molar-refractivity contribution in [2.45, 2.75) is 57.7 Å². The first-order chi connectivity index (χ1) is 11.9. The lowest BCUT2D eigenvalue weighted by Crippen LogP contribution is -2.54. The van der Waals surface area contributed by atoms with Crippen LogP contribution in [-0.2, 0) is 13.0 Å². The van der Waals surface area contributed by atoms with E-state index >= 15 is 0 Å². The van der Waals surface area contributed by atoms with E-state index in [4.69, 9.17) is 0 Å². The van der Waals surface area contributed by atoms with E-state index in [0.29, 0.717) is 19.0 Å². The van der Waals surface area contributed by atoms with Gasteiger partial charge in [0.25, 0.3) is 0 Å². The van der Waals surface area contributed by atoms with Crippen LogP contribution in [0.4, 0.5) is 4.79 Å². The Balaban J connectivity index is 1.44. The largest absolute Gasteiger partial charge is 0.393 e. The summed E-state index contributed by atoms with van der Waals surface area (Å²) in [6, 6.07) is 8.52. The van der Waals surface area contributed by atoms with Gasteiger partial charge in [0.1, 0.15) is 0 Å². The van der Waals surface area contributed by atoms with Crippen molar-refractivity contribution in [2.24, 2.45) is 5.92 Å². The molecule has 1 aliphatic heterocycles. The molecule has 138 valence electrons. The fourth-order valence-electron chi connectivity index (χ4n) is 3.95. The normalized spacial score (nSPS) is 24.0. The molecule has 2 amide bonds. The zero-order valence-corrected chi connectivity index (χ0v) is 15.4. The van der Waals surface area contributed by atoms with Gasteiger partial charge in [-0.1, -0.05) is 24.3 Å². The quantitative estimate of drug-likeness (QED) is 0.767. The lowest BCUT2D eigenvalue weighted by molar-refractivity contribution is 0.104. The highest BCUT2D eigenvalue weighted by atomic mass is 16.3. The van der Waals surface area contributed by atoms with Crippen molar-refractivity contribution in [1.82, 2.24) is 15.5 Å². The van der Waals surface area contributed by atoms with Crippen molar-refractivity contribution in [2.75, 3.05) is 19.6 Å². The molecule has 2 unspecified atom stereocenters. The Kier molecular flexibility index (Phi) is 5.64. The Morgan fingerprint density at radius 3 is 2.72 bits per heavy atom. The van der Waals surface area contributed by atoms with Crippen molar-refractivity contribution in [3.63, 3.8) is 0 Å². The summed E-state index contributed by atoms with van der Waals surface area (Å²) in [5, 5.41) is 15.5. The number of nitrogens with zero attached hydrogens (tertiary/aromatic N) is 1. The van der Waals surface area contributed by atoms with E-state index in [1.165, 1.54) is 11.1 Å². The number of fused-ring (bicyclic) bond motifs is 1. The number of aliphatic hydroxyl groups is 1. The Morgan fingerprint density at radius 2 is 2.00 bits per heavy atom. The number of aliphatic hydroxyl groups excluding tert-OH is 1. The molecule has 0 saturated heterocycles. The van der Waals surface area contributed by atoms with Crippen molar-refractivity contribution in [3.05, 3.63) is 35.4 Å². The molecule has 1 fully saturated rings. The molecule has 2 atom stereocenters. The van der Waals surface area contributed by atoms with Gasteiger partial charge < -0.3 is 15.7 Å². The maximum atomic E-state index is 12.1. The molecule has 0 radical (unpaired) electrons. The number of nitrogens with one attached hydrogen (secondary N) is 2. The van der Waals surface area contributed by atoms with Crippen LogP contribution in [0.25, 0.3) is 0 Å². The number of carbonyl (C=O) groups is 1. The van der Waals surface area contributed by atoms with Gasteiger partial charge in [-0.15, -0.1) is 0 Å². The fourth-order valence-corrected chi connectivity index (χ4v) is 3.95. The van der Waals surface area contributed by atoms with Crippen LogP contribution in [0.1, 0.15) is 44.2 Å². The molecule has 1 aliphatic carbocycles. The van der Waals surface area contributed by atoms with Crippen molar-refractivity contribution < 1.29 is 9.90 Å². The lowest BCUT2D eigenvalue weighted by Gasteiger charge is -2.41. The van der Waals surface area contributed by atoms with Crippen LogP contribution in [0.15, 0.2) is 24.3 Å². The first-order valence-corrected chi connectivity index (χ1v) is 9.45. The van der Waals surface area contributed by atoms with Gasteiger partial charge in [0.2, 0.25) is 0 Å². The Hall–Kier alpha value is -1.59. The summed E-state index contributed by atoms with van der Waals surface area (Å²) in [4.78, 5) is 14.6. The molecule has 0 bridgehead atoms. The third-order valence-electron chi connectivity index (χ3n) is 5.73. The molecule has 3 N–H and O–H groups in total.